The molecule has 1 fully saturated rings. The first kappa shape index (κ1) is 15.7. The van der Waals surface area contributed by atoms with Crippen LogP contribution >= 0.6 is 22.6 Å². The highest BCUT2D eigenvalue weighted by molar-refractivity contribution is 14.1. The number of hydrogen-bond donors (Lipinski definition) is 2. The molecule has 1 saturated carbocycles. The van der Waals surface area contributed by atoms with Crippen LogP contribution in [0.3, 0.4) is 0 Å². The second-order valence-corrected chi connectivity index (χ2v) is 8.64. The Morgan fingerprint density at radius 3 is 2.59 bits per heavy atom. The van der Waals surface area contributed by atoms with Gasteiger partial charge in [-0.05, 0) is 53.4 Å². The molecular weight excluding hydrogens is 329 g/mol. The molecule has 0 aliphatic heterocycles. The van der Waals surface area contributed by atoms with Crippen molar-refractivity contribution in [3.8, 4) is 0 Å². The van der Waals surface area contributed by atoms with Crippen LogP contribution in [0.25, 0.3) is 0 Å². The number of rotatable bonds is 6. The Morgan fingerprint density at radius 2 is 2.18 bits per heavy atom. The Balaban J connectivity index is 2.54. The van der Waals surface area contributed by atoms with Gasteiger partial charge in [0.25, 0.3) is 0 Å². The van der Waals surface area contributed by atoms with E-state index in [1.165, 1.54) is 0 Å². The van der Waals surface area contributed by atoms with Crippen molar-refractivity contribution < 1.29 is 9.84 Å². The Hall–Kier alpha value is 0.610. The molecule has 0 saturated heterocycles. The van der Waals surface area contributed by atoms with E-state index in [4.69, 9.17) is 4.74 Å². The fourth-order valence-corrected chi connectivity index (χ4v) is 3.19. The highest BCUT2D eigenvalue weighted by atomic mass is 127. The minimum absolute atomic E-state index is 0.0546. The van der Waals surface area contributed by atoms with Gasteiger partial charge in [-0.15, -0.1) is 0 Å². The highest BCUT2D eigenvalue weighted by Gasteiger charge is 2.40. The molecule has 0 bridgehead atoms. The average molecular weight is 355 g/mol. The summed E-state index contributed by atoms with van der Waals surface area (Å²) in [5.74, 6) is 0. The lowest BCUT2D eigenvalue weighted by Crippen LogP contribution is -2.52. The molecular formula is C13H26INO2. The van der Waals surface area contributed by atoms with Gasteiger partial charge in [0.1, 0.15) is 0 Å². The van der Waals surface area contributed by atoms with Crippen LogP contribution in [0, 0.1) is 0 Å². The summed E-state index contributed by atoms with van der Waals surface area (Å²) in [7, 11) is 0. The number of ether oxygens (including phenoxy) is 1. The fraction of sp³-hybridized carbons (Fsp3) is 1.00. The topological polar surface area (TPSA) is 41.5 Å². The van der Waals surface area contributed by atoms with Gasteiger partial charge in [0.05, 0.1) is 15.8 Å². The zero-order valence-electron chi connectivity index (χ0n) is 11.4. The van der Waals surface area contributed by atoms with E-state index in [9.17, 15) is 5.11 Å². The zero-order chi connectivity index (χ0) is 13.1. The summed E-state index contributed by atoms with van der Waals surface area (Å²) in [6.07, 6.45) is 3.91. The summed E-state index contributed by atoms with van der Waals surface area (Å²) >= 11 is 2.41. The third kappa shape index (κ3) is 5.85. The molecule has 0 aromatic rings. The van der Waals surface area contributed by atoms with E-state index in [0.717, 1.165) is 32.3 Å². The van der Waals surface area contributed by atoms with Crippen molar-refractivity contribution in [3.63, 3.8) is 0 Å². The van der Waals surface area contributed by atoms with Gasteiger partial charge in [-0.3, -0.25) is 5.32 Å². The molecule has 0 spiro atoms. The quantitative estimate of drug-likeness (QED) is 0.437. The molecule has 3 nitrogen and oxygen atoms in total. The van der Waals surface area contributed by atoms with E-state index in [1.807, 2.05) is 0 Å². The first-order chi connectivity index (χ1) is 7.72. The van der Waals surface area contributed by atoms with E-state index in [2.05, 4.69) is 55.6 Å². The van der Waals surface area contributed by atoms with E-state index in [1.54, 1.807) is 0 Å². The van der Waals surface area contributed by atoms with E-state index in [-0.39, 0.29) is 21.3 Å². The summed E-state index contributed by atoms with van der Waals surface area (Å²) in [5, 5.41) is 13.5. The summed E-state index contributed by atoms with van der Waals surface area (Å²) in [5.41, 5.74) is 0.0546. The Kier molecular flexibility index (Phi) is 5.69. The lowest BCUT2D eigenvalue weighted by Gasteiger charge is -2.37. The predicted molar refractivity (Wildman–Crippen MR) is 79.5 cm³/mol. The van der Waals surface area contributed by atoms with Crippen LogP contribution in [0.2, 0.25) is 0 Å². The van der Waals surface area contributed by atoms with Crippen LogP contribution in [0.1, 0.15) is 53.4 Å². The summed E-state index contributed by atoms with van der Waals surface area (Å²) in [6, 6.07) is 0. The van der Waals surface area contributed by atoms with Gasteiger partial charge >= 0.3 is 0 Å². The smallest absolute Gasteiger partial charge is 0.0652 e. The lowest BCUT2D eigenvalue weighted by atomic mass is 9.92. The van der Waals surface area contributed by atoms with E-state index < -0.39 is 0 Å². The van der Waals surface area contributed by atoms with Crippen molar-refractivity contribution in [2.24, 2.45) is 0 Å². The van der Waals surface area contributed by atoms with Crippen LogP contribution < -0.4 is 5.32 Å². The number of halogens is 1. The molecule has 102 valence electrons. The maximum Gasteiger partial charge on any atom is 0.0652 e. The molecule has 2 unspecified atom stereocenters. The van der Waals surface area contributed by atoms with Crippen molar-refractivity contribution in [1.82, 2.24) is 5.32 Å². The lowest BCUT2D eigenvalue weighted by molar-refractivity contribution is 0.0556. The molecule has 1 aliphatic rings. The Morgan fingerprint density at radius 1 is 1.53 bits per heavy atom. The van der Waals surface area contributed by atoms with Crippen LogP contribution in [0.15, 0.2) is 0 Å². The SMILES string of the molecule is CC(C)OCCC1(NC(C)(C)I)CCC(O)C1. The molecule has 17 heavy (non-hydrogen) atoms. The number of hydrogen-bond acceptors (Lipinski definition) is 3. The van der Waals surface area contributed by atoms with Crippen molar-refractivity contribution >= 4 is 22.6 Å². The molecule has 1 aliphatic carbocycles. The van der Waals surface area contributed by atoms with Gasteiger partial charge in [-0.2, -0.15) is 0 Å². The second kappa shape index (κ2) is 6.17. The third-order valence-electron chi connectivity index (χ3n) is 3.18. The molecule has 0 radical (unpaired) electrons. The number of aliphatic hydroxyl groups excluding tert-OH is 1. The minimum Gasteiger partial charge on any atom is -0.393 e. The van der Waals surface area contributed by atoms with Gasteiger partial charge in [0, 0.05) is 12.1 Å². The summed E-state index contributed by atoms with van der Waals surface area (Å²) in [6.45, 7) is 9.23. The third-order valence-corrected chi connectivity index (χ3v) is 3.45. The maximum absolute atomic E-state index is 9.79. The van der Waals surface area contributed by atoms with Gasteiger partial charge in [0.2, 0.25) is 0 Å². The van der Waals surface area contributed by atoms with Crippen molar-refractivity contribution in [2.75, 3.05) is 6.61 Å². The van der Waals surface area contributed by atoms with Gasteiger partial charge in [-0.1, -0.05) is 22.6 Å². The second-order valence-electron chi connectivity index (χ2n) is 5.94. The van der Waals surface area contributed by atoms with Gasteiger partial charge in [0.15, 0.2) is 0 Å². The molecule has 0 heterocycles. The summed E-state index contributed by atoms with van der Waals surface area (Å²) < 4.78 is 5.71. The highest BCUT2D eigenvalue weighted by Crippen LogP contribution is 2.36. The molecule has 0 amide bonds. The van der Waals surface area contributed by atoms with Crippen molar-refractivity contribution in [2.45, 2.75) is 74.7 Å². The minimum atomic E-state index is -0.153. The fourth-order valence-electron chi connectivity index (χ4n) is 2.62. The molecule has 0 aromatic carbocycles. The Labute approximate surface area is 119 Å². The van der Waals surface area contributed by atoms with E-state index >= 15 is 0 Å². The monoisotopic (exact) mass is 355 g/mol. The molecule has 2 atom stereocenters. The van der Waals surface area contributed by atoms with Crippen LogP contribution in [-0.4, -0.2) is 33.0 Å². The zero-order valence-corrected chi connectivity index (χ0v) is 13.6. The molecule has 4 heteroatoms. The van der Waals surface area contributed by atoms with E-state index in [0.29, 0.717) is 0 Å². The molecule has 0 aromatic heterocycles. The van der Waals surface area contributed by atoms with Crippen molar-refractivity contribution in [1.29, 1.82) is 0 Å². The standard InChI is InChI=1S/C13H26INO2/c1-10(2)17-8-7-13(15-12(3,4)14)6-5-11(16)9-13/h10-11,15-16H,5-9H2,1-4H3. The van der Waals surface area contributed by atoms with Crippen molar-refractivity contribution in [3.05, 3.63) is 0 Å². The van der Waals surface area contributed by atoms with Crippen LogP contribution in [0.5, 0.6) is 0 Å². The molecule has 1 rings (SSSR count). The first-order valence-electron chi connectivity index (χ1n) is 6.50. The largest absolute Gasteiger partial charge is 0.393 e. The average Bonchev–Trinajstić information content (AvgIpc) is 2.43. The maximum atomic E-state index is 9.79. The number of nitrogens with one attached hydrogen (secondary N) is 1. The number of alkyl halides is 1. The van der Waals surface area contributed by atoms with Crippen LogP contribution in [-0.2, 0) is 4.74 Å². The molecule has 2 N–H and O–H groups in total. The summed E-state index contributed by atoms with van der Waals surface area (Å²) in [4.78, 5) is 0. The normalized spacial score (nSPS) is 30.2. The van der Waals surface area contributed by atoms with Gasteiger partial charge < -0.3 is 9.84 Å². The first-order valence-corrected chi connectivity index (χ1v) is 7.58. The predicted octanol–water partition coefficient (Wildman–Crippen LogP) is 2.85. The Bertz CT molecular complexity index is 240. The number of aliphatic hydroxyl groups is 1. The van der Waals surface area contributed by atoms with Gasteiger partial charge in [-0.25, -0.2) is 0 Å². The van der Waals surface area contributed by atoms with Crippen LogP contribution in [0.4, 0.5) is 0 Å².